The highest BCUT2D eigenvalue weighted by Gasteiger charge is 2.07. The molecule has 0 aliphatic heterocycles. The van der Waals surface area contributed by atoms with E-state index in [1.165, 1.54) is 10.7 Å². The van der Waals surface area contributed by atoms with Crippen molar-refractivity contribution in [1.82, 2.24) is 20.0 Å². The standard InChI is InChI=1S/C12H20N4O3/c1-15(2)7-3-6-13-11(17)5-9-16-8-4-10(14-16)12(18)19/h4,8H,3,5-7,9H2,1-2H3,(H,13,17)(H,18,19). The molecule has 0 bridgehead atoms. The van der Waals surface area contributed by atoms with Crippen LogP contribution in [0, 0.1) is 0 Å². The predicted octanol–water partition coefficient (Wildman–Crippen LogP) is 0.0393. The van der Waals surface area contributed by atoms with E-state index in [0.29, 0.717) is 19.5 Å². The van der Waals surface area contributed by atoms with E-state index in [0.717, 1.165) is 13.0 Å². The minimum Gasteiger partial charge on any atom is -0.476 e. The van der Waals surface area contributed by atoms with Crippen molar-refractivity contribution < 1.29 is 14.7 Å². The van der Waals surface area contributed by atoms with Gasteiger partial charge in [-0.15, -0.1) is 0 Å². The van der Waals surface area contributed by atoms with Crippen LogP contribution in [0.3, 0.4) is 0 Å². The molecule has 0 aliphatic carbocycles. The Balaban J connectivity index is 2.20. The second-order valence-electron chi connectivity index (χ2n) is 4.53. The van der Waals surface area contributed by atoms with Crippen LogP contribution in [0.2, 0.25) is 0 Å². The van der Waals surface area contributed by atoms with Crippen molar-refractivity contribution in [2.24, 2.45) is 0 Å². The zero-order valence-electron chi connectivity index (χ0n) is 11.3. The van der Waals surface area contributed by atoms with E-state index >= 15 is 0 Å². The molecule has 1 aromatic rings. The number of carbonyl (C=O) groups is 2. The molecule has 0 radical (unpaired) electrons. The van der Waals surface area contributed by atoms with Gasteiger partial charge in [0.25, 0.3) is 0 Å². The molecular formula is C12H20N4O3. The summed E-state index contributed by atoms with van der Waals surface area (Å²) in [6.45, 7) is 1.96. The summed E-state index contributed by atoms with van der Waals surface area (Å²) >= 11 is 0. The Kier molecular flexibility index (Phi) is 6.01. The first-order valence-electron chi connectivity index (χ1n) is 6.17. The highest BCUT2D eigenvalue weighted by atomic mass is 16.4. The molecule has 0 atom stereocenters. The average molecular weight is 268 g/mol. The number of carbonyl (C=O) groups excluding carboxylic acids is 1. The molecule has 7 nitrogen and oxygen atoms in total. The summed E-state index contributed by atoms with van der Waals surface area (Å²) in [5, 5.41) is 15.4. The van der Waals surface area contributed by atoms with E-state index in [-0.39, 0.29) is 11.6 Å². The topological polar surface area (TPSA) is 87.5 Å². The van der Waals surface area contributed by atoms with Gasteiger partial charge in [-0.1, -0.05) is 0 Å². The van der Waals surface area contributed by atoms with E-state index in [2.05, 4.69) is 15.3 Å². The molecule has 19 heavy (non-hydrogen) atoms. The summed E-state index contributed by atoms with van der Waals surface area (Å²) in [4.78, 5) is 24.2. The molecule has 7 heteroatoms. The quantitative estimate of drug-likeness (QED) is 0.650. The molecule has 0 aliphatic rings. The lowest BCUT2D eigenvalue weighted by Gasteiger charge is -2.09. The van der Waals surface area contributed by atoms with Crippen LogP contribution >= 0.6 is 0 Å². The zero-order chi connectivity index (χ0) is 14.3. The van der Waals surface area contributed by atoms with Crippen LogP contribution < -0.4 is 5.32 Å². The van der Waals surface area contributed by atoms with Crippen LogP contribution in [0.5, 0.6) is 0 Å². The Bertz CT molecular complexity index is 428. The molecule has 2 N–H and O–H groups in total. The van der Waals surface area contributed by atoms with Crippen LogP contribution in [0.15, 0.2) is 12.3 Å². The molecule has 0 unspecified atom stereocenters. The van der Waals surface area contributed by atoms with Gasteiger partial charge in [0.2, 0.25) is 5.91 Å². The van der Waals surface area contributed by atoms with Gasteiger partial charge >= 0.3 is 5.97 Å². The normalized spacial score (nSPS) is 10.7. The first-order valence-corrected chi connectivity index (χ1v) is 6.17. The summed E-state index contributed by atoms with van der Waals surface area (Å²) in [6, 6.07) is 1.41. The number of hydrogen-bond acceptors (Lipinski definition) is 4. The van der Waals surface area contributed by atoms with Gasteiger partial charge in [-0.05, 0) is 33.1 Å². The van der Waals surface area contributed by atoms with E-state index in [1.54, 1.807) is 6.20 Å². The maximum atomic E-state index is 11.5. The van der Waals surface area contributed by atoms with Crippen molar-refractivity contribution in [3.8, 4) is 0 Å². The third-order valence-corrected chi connectivity index (χ3v) is 2.53. The lowest BCUT2D eigenvalue weighted by Crippen LogP contribution is -2.27. The number of aryl methyl sites for hydroxylation is 1. The number of aromatic nitrogens is 2. The number of aromatic carboxylic acids is 1. The number of rotatable bonds is 8. The van der Waals surface area contributed by atoms with Gasteiger partial charge in [-0.25, -0.2) is 4.79 Å². The number of carboxylic acids is 1. The molecule has 0 fully saturated rings. The summed E-state index contributed by atoms with van der Waals surface area (Å²) < 4.78 is 1.46. The number of amides is 1. The molecule has 1 aromatic heterocycles. The van der Waals surface area contributed by atoms with E-state index in [1.807, 2.05) is 14.1 Å². The van der Waals surface area contributed by atoms with Gasteiger partial charge < -0.3 is 15.3 Å². The van der Waals surface area contributed by atoms with Crippen LogP contribution in [-0.4, -0.2) is 58.8 Å². The second kappa shape index (κ2) is 7.52. The Hall–Kier alpha value is -1.89. The molecule has 1 rings (SSSR count). The van der Waals surface area contributed by atoms with Gasteiger partial charge in [0.1, 0.15) is 0 Å². The number of nitrogens with zero attached hydrogens (tertiary/aromatic N) is 3. The Labute approximate surface area is 112 Å². The summed E-state index contributed by atoms with van der Waals surface area (Å²) in [5.74, 6) is -1.11. The highest BCUT2D eigenvalue weighted by molar-refractivity contribution is 5.85. The summed E-state index contributed by atoms with van der Waals surface area (Å²) in [7, 11) is 3.97. The van der Waals surface area contributed by atoms with Crippen molar-refractivity contribution in [1.29, 1.82) is 0 Å². The van der Waals surface area contributed by atoms with Crippen molar-refractivity contribution in [3.05, 3.63) is 18.0 Å². The average Bonchev–Trinajstić information content (AvgIpc) is 2.81. The molecule has 106 valence electrons. The number of hydrogen-bond donors (Lipinski definition) is 2. The Morgan fingerprint density at radius 3 is 2.79 bits per heavy atom. The van der Waals surface area contributed by atoms with Crippen molar-refractivity contribution in [2.45, 2.75) is 19.4 Å². The maximum Gasteiger partial charge on any atom is 0.356 e. The van der Waals surface area contributed by atoms with Gasteiger partial charge in [-0.2, -0.15) is 5.10 Å². The Morgan fingerprint density at radius 2 is 2.21 bits per heavy atom. The number of nitrogens with one attached hydrogen (secondary N) is 1. The second-order valence-corrected chi connectivity index (χ2v) is 4.53. The Morgan fingerprint density at radius 1 is 1.47 bits per heavy atom. The van der Waals surface area contributed by atoms with E-state index < -0.39 is 5.97 Å². The third kappa shape index (κ3) is 6.01. The van der Waals surface area contributed by atoms with Crippen LogP contribution in [-0.2, 0) is 11.3 Å². The van der Waals surface area contributed by atoms with Crippen LogP contribution in [0.1, 0.15) is 23.3 Å². The molecular weight excluding hydrogens is 248 g/mol. The molecule has 0 aromatic carbocycles. The smallest absolute Gasteiger partial charge is 0.356 e. The molecule has 0 saturated carbocycles. The van der Waals surface area contributed by atoms with Gasteiger partial charge in [-0.3, -0.25) is 9.48 Å². The fourth-order valence-corrected chi connectivity index (χ4v) is 1.53. The SMILES string of the molecule is CN(C)CCCNC(=O)CCn1ccc(C(=O)O)n1. The molecule has 0 spiro atoms. The van der Waals surface area contributed by atoms with Crippen molar-refractivity contribution >= 4 is 11.9 Å². The largest absolute Gasteiger partial charge is 0.476 e. The van der Waals surface area contributed by atoms with E-state index in [4.69, 9.17) is 5.11 Å². The lowest BCUT2D eigenvalue weighted by molar-refractivity contribution is -0.121. The van der Waals surface area contributed by atoms with Gasteiger partial charge in [0, 0.05) is 25.7 Å². The van der Waals surface area contributed by atoms with E-state index in [9.17, 15) is 9.59 Å². The molecule has 0 saturated heterocycles. The van der Waals surface area contributed by atoms with Gasteiger partial charge in [0.15, 0.2) is 5.69 Å². The van der Waals surface area contributed by atoms with Crippen molar-refractivity contribution in [2.75, 3.05) is 27.2 Å². The number of carboxylic acid groups (broad SMARTS) is 1. The monoisotopic (exact) mass is 268 g/mol. The molecule has 1 heterocycles. The summed E-state index contributed by atoms with van der Waals surface area (Å²) in [5.41, 5.74) is -0.00797. The van der Waals surface area contributed by atoms with Crippen LogP contribution in [0.4, 0.5) is 0 Å². The minimum absolute atomic E-state index is 0.00797. The lowest BCUT2D eigenvalue weighted by atomic mass is 10.3. The van der Waals surface area contributed by atoms with Crippen LogP contribution in [0.25, 0.3) is 0 Å². The highest BCUT2D eigenvalue weighted by Crippen LogP contribution is 1.97. The zero-order valence-corrected chi connectivity index (χ0v) is 11.3. The predicted molar refractivity (Wildman–Crippen MR) is 70.0 cm³/mol. The molecule has 1 amide bonds. The van der Waals surface area contributed by atoms with Gasteiger partial charge in [0.05, 0.1) is 0 Å². The minimum atomic E-state index is -1.06. The third-order valence-electron chi connectivity index (χ3n) is 2.53. The first kappa shape index (κ1) is 15.2. The fraction of sp³-hybridized carbons (Fsp3) is 0.583. The fourth-order valence-electron chi connectivity index (χ4n) is 1.53. The van der Waals surface area contributed by atoms with Crippen molar-refractivity contribution in [3.63, 3.8) is 0 Å². The maximum absolute atomic E-state index is 11.5. The summed E-state index contributed by atoms with van der Waals surface area (Å²) in [6.07, 6.45) is 2.76. The first-order chi connectivity index (χ1) is 8.99.